The van der Waals surface area contributed by atoms with Crippen molar-refractivity contribution in [3.8, 4) is 11.5 Å². The number of nitrogens with zero attached hydrogens (tertiary/aromatic N) is 7. The molecule has 0 aromatic carbocycles. The van der Waals surface area contributed by atoms with Crippen LogP contribution in [0.3, 0.4) is 0 Å². The number of fused-ring (bicyclic) bond motifs is 1. The lowest BCUT2D eigenvalue weighted by Gasteiger charge is -2.36. The lowest BCUT2D eigenvalue weighted by Crippen LogP contribution is -2.43. The third-order valence-corrected chi connectivity index (χ3v) is 5.05. The highest BCUT2D eigenvalue weighted by Gasteiger charge is 2.31. The zero-order valence-electron chi connectivity index (χ0n) is 16.8. The molecule has 0 amide bonds. The molecule has 0 saturated carbocycles. The van der Waals surface area contributed by atoms with Crippen molar-refractivity contribution in [2.45, 2.75) is 32.5 Å². The Hall–Kier alpha value is -3.47. The highest BCUT2D eigenvalue weighted by atomic mass is 19.3. The summed E-state index contributed by atoms with van der Waals surface area (Å²) in [5.41, 5.74) is 0.979. The predicted octanol–water partition coefficient (Wildman–Crippen LogP) is 3.39. The van der Waals surface area contributed by atoms with E-state index in [0.29, 0.717) is 47.8 Å². The molecule has 0 radical (unpaired) electrons. The number of alkyl halides is 2. The second kappa shape index (κ2) is 7.65. The maximum Gasteiger partial charge on any atom is 0.265 e. The number of aryl methyl sites for hydroxylation is 1. The maximum atomic E-state index is 13.2. The summed E-state index contributed by atoms with van der Waals surface area (Å²) < 4.78 is 39.1. The van der Waals surface area contributed by atoms with Crippen molar-refractivity contribution in [1.29, 1.82) is 0 Å². The molecule has 31 heavy (non-hydrogen) atoms. The monoisotopic (exact) mass is 427 g/mol. The Morgan fingerprint density at radius 2 is 2.00 bits per heavy atom. The summed E-state index contributed by atoms with van der Waals surface area (Å²) in [6.45, 7) is 4.80. The first kappa shape index (κ1) is 19.5. The van der Waals surface area contributed by atoms with Crippen molar-refractivity contribution in [3.05, 3.63) is 54.1 Å². The molecule has 0 bridgehead atoms. The van der Waals surface area contributed by atoms with Crippen LogP contribution in [0.2, 0.25) is 0 Å². The van der Waals surface area contributed by atoms with E-state index in [1.165, 1.54) is 12.3 Å². The quantitative estimate of drug-likeness (QED) is 0.489. The Balaban J connectivity index is 1.48. The number of rotatable bonds is 4. The van der Waals surface area contributed by atoms with Crippen molar-refractivity contribution in [2.75, 3.05) is 18.0 Å². The van der Waals surface area contributed by atoms with E-state index in [1.54, 1.807) is 35.9 Å². The molecule has 11 heteroatoms. The van der Waals surface area contributed by atoms with Gasteiger partial charge in [0.25, 0.3) is 12.3 Å². The molecule has 0 spiro atoms. The minimum Gasteiger partial charge on any atom is -0.362 e. The molecule has 2 atom stereocenters. The number of halogens is 2. The first-order valence-electron chi connectivity index (χ1n) is 9.77. The van der Waals surface area contributed by atoms with Gasteiger partial charge >= 0.3 is 0 Å². The summed E-state index contributed by atoms with van der Waals surface area (Å²) in [4.78, 5) is 19.6. The van der Waals surface area contributed by atoms with Crippen LogP contribution < -0.4 is 4.90 Å². The van der Waals surface area contributed by atoms with E-state index in [4.69, 9.17) is 9.26 Å². The molecule has 1 aliphatic rings. The summed E-state index contributed by atoms with van der Waals surface area (Å²) in [6.07, 6.45) is 1.53. The summed E-state index contributed by atoms with van der Waals surface area (Å²) in [7, 11) is 0. The maximum absolute atomic E-state index is 13.2. The standard InChI is InChI=1S/C20H19F2N7O2/c1-11-8-28(10-15(30-11)20-25-12(2)27-31-20)17-5-6-23-19(26-17)14-7-24-16-4-3-13(18(21)22)9-29(14)16/h3-7,9,11,15,18H,8,10H2,1-2H3/t11-,15-/m0/s1. The van der Waals surface area contributed by atoms with Crippen LogP contribution in [0, 0.1) is 6.92 Å². The topological polar surface area (TPSA) is 94.5 Å². The van der Waals surface area contributed by atoms with E-state index >= 15 is 0 Å². The van der Waals surface area contributed by atoms with Gasteiger partial charge in [-0.15, -0.1) is 0 Å². The van der Waals surface area contributed by atoms with Crippen molar-refractivity contribution in [1.82, 2.24) is 29.5 Å². The highest BCUT2D eigenvalue weighted by molar-refractivity contribution is 5.59. The normalized spacial score (nSPS) is 19.5. The van der Waals surface area contributed by atoms with Gasteiger partial charge in [-0.3, -0.25) is 4.40 Å². The van der Waals surface area contributed by atoms with Gasteiger partial charge in [-0.05, 0) is 32.0 Å². The van der Waals surface area contributed by atoms with Gasteiger partial charge in [0.15, 0.2) is 17.8 Å². The average molecular weight is 427 g/mol. The lowest BCUT2D eigenvalue weighted by molar-refractivity contribution is -0.0333. The van der Waals surface area contributed by atoms with Crippen molar-refractivity contribution in [3.63, 3.8) is 0 Å². The fraction of sp³-hybridized carbons (Fsp3) is 0.350. The Morgan fingerprint density at radius 1 is 1.13 bits per heavy atom. The molecule has 0 N–H and O–H groups in total. The van der Waals surface area contributed by atoms with E-state index in [2.05, 4.69) is 30.0 Å². The third-order valence-electron chi connectivity index (χ3n) is 5.05. The zero-order chi connectivity index (χ0) is 21.5. The largest absolute Gasteiger partial charge is 0.362 e. The van der Waals surface area contributed by atoms with Crippen LogP contribution >= 0.6 is 0 Å². The second-order valence-corrected chi connectivity index (χ2v) is 7.39. The van der Waals surface area contributed by atoms with Crippen LogP contribution in [0.15, 0.2) is 41.3 Å². The molecule has 5 heterocycles. The molecule has 0 unspecified atom stereocenters. The first-order valence-corrected chi connectivity index (χ1v) is 9.77. The summed E-state index contributed by atoms with van der Waals surface area (Å²) in [5, 5.41) is 3.84. The predicted molar refractivity (Wildman–Crippen MR) is 106 cm³/mol. The molecule has 4 aromatic heterocycles. The summed E-state index contributed by atoms with van der Waals surface area (Å²) in [5.74, 6) is 2.04. The van der Waals surface area contributed by atoms with E-state index in [1.807, 2.05) is 6.92 Å². The van der Waals surface area contributed by atoms with Gasteiger partial charge in [-0.1, -0.05) is 5.16 Å². The molecule has 4 aromatic rings. The lowest BCUT2D eigenvalue weighted by atomic mass is 10.2. The third kappa shape index (κ3) is 3.72. The average Bonchev–Trinajstić information content (AvgIpc) is 3.39. The molecule has 5 rings (SSSR count). The minimum absolute atomic E-state index is 0.0891. The Labute approximate surface area is 175 Å². The van der Waals surface area contributed by atoms with Gasteiger partial charge in [-0.25, -0.2) is 23.7 Å². The SMILES string of the molecule is Cc1noc([C@@H]2CN(c3ccnc(-c4cnc5ccc(C(F)F)cn45)n3)C[C@H](C)O2)n1. The molecule has 1 saturated heterocycles. The highest BCUT2D eigenvalue weighted by Crippen LogP contribution is 2.28. The minimum atomic E-state index is -2.58. The van der Waals surface area contributed by atoms with Crippen LogP contribution in [0.5, 0.6) is 0 Å². The van der Waals surface area contributed by atoms with Gasteiger partial charge < -0.3 is 14.2 Å². The number of hydrogen-bond donors (Lipinski definition) is 0. The van der Waals surface area contributed by atoms with E-state index in [9.17, 15) is 8.78 Å². The van der Waals surface area contributed by atoms with Gasteiger partial charge in [0.2, 0.25) is 0 Å². The van der Waals surface area contributed by atoms with Gasteiger partial charge in [0.1, 0.15) is 17.2 Å². The Kier molecular flexibility index (Phi) is 4.81. The van der Waals surface area contributed by atoms with Crippen molar-refractivity contribution >= 4 is 11.5 Å². The van der Waals surface area contributed by atoms with Gasteiger partial charge in [0.05, 0.1) is 18.8 Å². The zero-order valence-corrected chi connectivity index (χ0v) is 16.8. The van der Waals surface area contributed by atoms with E-state index in [-0.39, 0.29) is 17.8 Å². The molecule has 160 valence electrons. The van der Waals surface area contributed by atoms with Crippen LogP contribution in [0.25, 0.3) is 17.2 Å². The Bertz CT molecular complexity index is 1230. The molecular weight excluding hydrogens is 408 g/mol. The molecule has 1 fully saturated rings. The number of anilines is 1. The van der Waals surface area contributed by atoms with Crippen LogP contribution in [-0.2, 0) is 4.74 Å². The number of aromatic nitrogens is 6. The molecule has 1 aliphatic heterocycles. The second-order valence-electron chi connectivity index (χ2n) is 7.39. The number of hydrogen-bond acceptors (Lipinski definition) is 8. The van der Waals surface area contributed by atoms with Crippen LogP contribution in [0.1, 0.15) is 36.7 Å². The number of ether oxygens (including phenoxy) is 1. The first-order chi connectivity index (χ1) is 15.0. The van der Waals surface area contributed by atoms with Gasteiger partial charge in [0, 0.05) is 24.5 Å². The van der Waals surface area contributed by atoms with Crippen molar-refractivity contribution < 1.29 is 18.0 Å². The van der Waals surface area contributed by atoms with Crippen molar-refractivity contribution in [2.24, 2.45) is 0 Å². The van der Waals surface area contributed by atoms with Crippen LogP contribution in [0.4, 0.5) is 14.6 Å². The number of imidazole rings is 1. The molecule has 9 nitrogen and oxygen atoms in total. The van der Waals surface area contributed by atoms with E-state index < -0.39 is 6.43 Å². The summed E-state index contributed by atoms with van der Waals surface area (Å²) >= 11 is 0. The fourth-order valence-electron chi connectivity index (χ4n) is 3.66. The Morgan fingerprint density at radius 3 is 2.77 bits per heavy atom. The fourth-order valence-corrected chi connectivity index (χ4v) is 3.66. The van der Waals surface area contributed by atoms with Crippen LogP contribution in [-0.4, -0.2) is 48.7 Å². The number of pyridine rings is 1. The number of morpholine rings is 1. The van der Waals surface area contributed by atoms with E-state index in [0.717, 1.165) is 0 Å². The van der Waals surface area contributed by atoms with Gasteiger partial charge in [-0.2, -0.15) is 4.98 Å². The smallest absolute Gasteiger partial charge is 0.265 e. The summed E-state index contributed by atoms with van der Waals surface area (Å²) in [6, 6.07) is 4.71. The molecular formula is C20H19F2N7O2. The molecule has 0 aliphatic carbocycles.